The molecule has 0 radical (unpaired) electrons. The first kappa shape index (κ1) is 16.3. The van der Waals surface area contributed by atoms with E-state index in [1.807, 2.05) is 0 Å². The van der Waals surface area contributed by atoms with Gasteiger partial charge in [0.15, 0.2) is 6.61 Å². The number of hydrogen-bond donors (Lipinski definition) is 2. The van der Waals surface area contributed by atoms with Crippen molar-refractivity contribution in [3.63, 3.8) is 0 Å². The van der Waals surface area contributed by atoms with Gasteiger partial charge in [-0.2, -0.15) is 5.10 Å². The Morgan fingerprint density at radius 1 is 1.20 bits per heavy atom. The van der Waals surface area contributed by atoms with E-state index in [9.17, 15) is 9.59 Å². The van der Waals surface area contributed by atoms with E-state index in [0.717, 1.165) is 10.9 Å². The summed E-state index contributed by atoms with van der Waals surface area (Å²) in [6.45, 7) is -0.427. The van der Waals surface area contributed by atoms with Gasteiger partial charge >= 0.3 is 5.97 Å². The molecular formula is C17H15N3O5. The van der Waals surface area contributed by atoms with Gasteiger partial charge in [0.05, 0.1) is 17.3 Å². The number of rotatable bonds is 6. The number of fused-ring (bicyclic) bond motifs is 1. The average molecular weight is 341 g/mol. The fraction of sp³-hybridized carbons (Fsp3) is 0.118. The van der Waals surface area contributed by atoms with Gasteiger partial charge in [-0.15, -0.1) is 0 Å². The largest absolute Gasteiger partial charge is 0.482 e. The second kappa shape index (κ2) is 6.52. The molecule has 0 atom stereocenters. The molecule has 25 heavy (non-hydrogen) atoms. The van der Waals surface area contributed by atoms with Crippen LogP contribution in [0, 0.1) is 0 Å². The maximum Gasteiger partial charge on any atom is 0.341 e. The topological polar surface area (TPSA) is 117 Å². The molecule has 0 bridgehead atoms. The zero-order valence-electron chi connectivity index (χ0n) is 13.3. The summed E-state index contributed by atoms with van der Waals surface area (Å²) in [6.07, 6.45) is 1.64. The highest BCUT2D eigenvalue weighted by Crippen LogP contribution is 2.30. The molecule has 8 heteroatoms. The number of carbonyl (C=O) groups is 2. The molecular weight excluding hydrogens is 326 g/mol. The molecule has 128 valence electrons. The summed E-state index contributed by atoms with van der Waals surface area (Å²) in [7, 11) is 1.78. The number of amides is 1. The van der Waals surface area contributed by atoms with Crippen LogP contribution in [-0.4, -0.2) is 33.4 Å². The Morgan fingerprint density at radius 2 is 1.88 bits per heavy atom. The second-order valence-corrected chi connectivity index (χ2v) is 5.30. The minimum Gasteiger partial charge on any atom is -0.482 e. The van der Waals surface area contributed by atoms with Crippen molar-refractivity contribution >= 4 is 22.8 Å². The number of carboxylic acid groups (broad SMARTS) is 1. The molecule has 0 aliphatic heterocycles. The Labute approximate surface area is 142 Å². The molecule has 0 spiro atoms. The third-order valence-corrected chi connectivity index (χ3v) is 3.53. The summed E-state index contributed by atoms with van der Waals surface area (Å²) in [6, 6.07) is 9.68. The van der Waals surface area contributed by atoms with Crippen LogP contribution in [-0.2, 0) is 11.8 Å². The first-order valence-electron chi connectivity index (χ1n) is 7.32. The number of primary amides is 1. The van der Waals surface area contributed by atoms with Crippen molar-refractivity contribution in [2.75, 3.05) is 6.61 Å². The predicted octanol–water partition coefficient (Wildman–Crippen LogP) is 1.93. The number of aryl methyl sites for hydroxylation is 1. The summed E-state index contributed by atoms with van der Waals surface area (Å²) < 4.78 is 12.5. The number of hydrogen-bond acceptors (Lipinski definition) is 5. The highest BCUT2D eigenvalue weighted by molar-refractivity contribution is 6.00. The number of aromatic nitrogens is 2. The third-order valence-electron chi connectivity index (χ3n) is 3.53. The van der Waals surface area contributed by atoms with Crippen molar-refractivity contribution in [1.82, 2.24) is 9.78 Å². The molecule has 3 aromatic rings. The van der Waals surface area contributed by atoms with Gasteiger partial charge in [0.2, 0.25) is 0 Å². The number of nitrogens with two attached hydrogens (primary N) is 1. The molecule has 0 unspecified atom stereocenters. The summed E-state index contributed by atoms with van der Waals surface area (Å²) in [4.78, 5) is 22.2. The molecule has 0 aliphatic carbocycles. The second-order valence-electron chi connectivity index (χ2n) is 5.30. The molecule has 0 saturated heterocycles. The zero-order valence-corrected chi connectivity index (χ0v) is 13.3. The number of nitrogens with zero attached hydrogens (tertiary/aromatic N) is 2. The summed E-state index contributed by atoms with van der Waals surface area (Å²) in [5, 5.41) is 13.5. The Morgan fingerprint density at radius 3 is 2.52 bits per heavy atom. The van der Waals surface area contributed by atoms with Crippen molar-refractivity contribution in [1.29, 1.82) is 0 Å². The minimum absolute atomic E-state index is 0.242. The van der Waals surface area contributed by atoms with Gasteiger partial charge in [0, 0.05) is 18.5 Å². The van der Waals surface area contributed by atoms with E-state index in [0.29, 0.717) is 17.2 Å². The standard InChI is InChI=1S/C17H15N3O5/c1-20-14-7-15(13(17(18)23)6-10(14)8-19-20)25-12-4-2-11(3-5-12)24-9-16(21)22/h2-8H,9H2,1H3,(H2,18,23)(H,21,22). The summed E-state index contributed by atoms with van der Waals surface area (Å²) in [5.41, 5.74) is 6.47. The van der Waals surface area contributed by atoms with Gasteiger partial charge in [0.25, 0.3) is 5.91 Å². The first-order chi connectivity index (χ1) is 11.9. The van der Waals surface area contributed by atoms with Crippen LogP contribution in [0.5, 0.6) is 17.2 Å². The molecule has 3 rings (SSSR count). The van der Waals surface area contributed by atoms with E-state index in [4.69, 9.17) is 20.3 Å². The molecule has 0 saturated carbocycles. The number of ether oxygens (including phenoxy) is 2. The minimum atomic E-state index is -1.06. The highest BCUT2D eigenvalue weighted by atomic mass is 16.5. The first-order valence-corrected chi connectivity index (χ1v) is 7.32. The van der Waals surface area contributed by atoms with Crippen LogP contribution in [0.1, 0.15) is 10.4 Å². The van der Waals surface area contributed by atoms with Crippen LogP contribution in [0.25, 0.3) is 10.9 Å². The van der Waals surface area contributed by atoms with Crippen molar-refractivity contribution < 1.29 is 24.2 Å². The van der Waals surface area contributed by atoms with Crippen molar-refractivity contribution in [2.24, 2.45) is 12.8 Å². The Hall–Kier alpha value is -3.55. The van der Waals surface area contributed by atoms with Crippen LogP contribution in [0.2, 0.25) is 0 Å². The number of benzene rings is 2. The maximum absolute atomic E-state index is 11.7. The van der Waals surface area contributed by atoms with Crippen LogP contribution < -0.4 is 15.2 Å². The normalized spacial score (nSPS) is 10.6. The van der Waals surface area contributed by atoms with Gasteiger partial charge in [-0.05, 0) is 30.3 Å². The lowest BCUT2D eigenvalue weighted by Gasteiger charge is -2.11. The lowest BCUT2D eigenvalue weighted by Crippen LogP contribution is -2.12. The van der Waals surface area contributed by atoms with Gasteiger partial charge in [-0.25, -0.2) is 4.79 Å². The molecule has 0 fully saturated rings. The molecule has 0 aliphatic rings. The molecule has 1 aromatic heterocycles. The lowest BCUT2D eigenvalue weighted by molar-refractivity contribution is -0.139. The van der Waals surface area contributed by atoms with Crippen molar-refractivity contribution in [2.45, 2.75) is 0 Å². The third kappa shape index (κ3) is 3.52. The Kier molecular flexibility index (Phi) is 4.25. The van der Waals surface area contributed by atoms with E-state index in [-0.39, 0.29) is 5.56 Å². The Bertz CT molecular complexity index is 947. The van der Waals surface area contributed by atoms with E-state index in [1.165, 1.54) is 0 Å². The van der Waals surface area contributed by atoms with E-state index < -0.39 is 18.5 Å². The van der Waals surface area contributed by atoms with Crippen LogP contribution in [0.3, 0.4) is 0 Å². The van der Waals surface area contributed by atoms with Gasteiger partial charge in [-0.1, -0.05) is 0 Å². The fourth-order valence-electron chi connectivity index (χ4n) is 2.33. The quantitative estimate of drug-likeness (QED) is 0.707. The Balaban J connectivity index is 1.88. The zero-order chi connectivity index (χ0) is 18.0. The van der Waals surface area contributed by atoms with Crippen molar-refractivity contribution in [3.05, 3.63) is 48.2 Å². The number of aliphatic carboxylic acids is 1. The number of carboxylic acids is 1. The van der Waals surface area contributed by atoms with Crippen LogP contribution >= 0.6 is 0 Å². The van der Waals surface area contributed by atoms with Crippen LogP contribution in [0.4, 0.5) is 0 Å². The van der Waals surface area contributed by atoms with Crippen LogP contribution in [0.15, 0.2) is 42.6 Å². The van der Waals surface area contributed by atoms with Gasteiger partial charge in [-0.3, -0.25) is 9.48 Å². The smallest absolute Gasteiger partial charge is 0.341 e. The molecule has 3 N–H and O–H groups in total. The monoisotopic (exact) mass is 341 g/mol. The van der Waals surface area contributed by atoms with E-state index >= 15 is 0 Å². The van der Waals surface area contributed by atoms with Gasteiger partial charge in [0.1, 0.15) is 17.2 Å². The number of carbonyl (C=O) groups excluding carboxylic acids is 1. The highest BCUT2D eigenvalue weighted by Gasteiger charge is 2.14. The lowest BCUT2D eigenvalue weighted by atomic mass is 10.1. The molecule has 2 aromatic carbocycles. The summed E-state index contributed by atoms with van der Waals surface area (Å²) >= 11 is 0. The fourth-order valence-corrected chi connectivity index (χ4v) is 2.33. The maximum atomic E-state index is 11.7. The van der Waals surface area contributed by atoms with E-state index in [1.54, 1.807) is 54.3 Å². The van der Waals surface area contributed by atoms with E-state index in [2.05, 4.69) is 5.10 Å². The molecule has 1 amide bonds. The van der Waals surface area contributed by atoms with Gasteiger partial charge < -0.3 is 20.3 Å². The average Bonchev–Trinajstić information content (AvgIpc) is 2.94. The molecule has 8 nitrogen and oxygen atoms in total. The SMILES string of the molecule is Cn1ncc2cc(C(N)=O)c(Oc3ccc(OCC(=O)O)cc3)cc21. The summed E-state index contributed by atoms with van der Waals surface area (Å²) in [5.74, 6) is -0.514. The molecule has 1 heterocycles. The van der Waals surface area contributed by atoms with Crippen molar-refractivity contribution in [3.8, 4) is 17.2 Å². The predicted molar refractivity (Wildman–Crippen MR) is 88.9 cm³/mol.